The molecule has 1 aliphatic rings. The normalized spacial score (nSPS) is 23.3. The van der Waals surface area contributed by atoms with Gasteiger partial charge >= 0.3 is 0 Å². The van der Waals surface area contributed by atoms with Crippen LogP contribution in [0.1, 0.15) is 20.3 Å². The third-order valence-corrected chi connectivity index (χ3v) is 4.27. The summed E-state index contributed by atoms with van der Waals surface area (Å²) >= 11 is 0. The van der Waals surface area contributed by atoms with E-state index in [1.165, 1.54) is 17.1 Å². The van der Waals surface area contributed by atoms with Gasteiger partial charge in [0.05, 0.1) is 6.20 Å². The monoisotopic (exact) mass is 315 g/mol. The summed E-state index contributed by atoms with van der Waals surface area (Å²) in [6.45, 7) is 5.79. The van der Waals surface area contributed by atoms with Crippen LogP contribution >= 0.6 is 0 Å². The molecule has 0 aromatic carbocycles. The topological polar surface area (TPSA) is 110 Å². The zero-order chi connectivity index (χ0) is 15.6. The number of nitrogens with two attached hydrogens (primary N) is 1. The van der Waals surface area contributed by atoms with Crippen LogP contribution in [-0.2, 0) is 21.4 Å². The molecule has 0 spiro atoms. The number of hydrogen-bond donors (Lipinski definition) is 2. The lowest BCUT2D eigenvalue weighted by molar-refractivity contribution is -0.133. The first-order valence-electron chi connectivity index (χ1n) is 6.85. The van der Waals surface area contributed by atoms with Gasteiger partial charge in [0.25, 0.3) is 0 Å². The van der Waals surface area contributed by atoms with Gasteiger partial charge in [-0.05, 0) is 13.8 Å². The van der Waals surface area contributed by atoms with Crippen molar-refractivity contribution >= 4 is 15.9 Å². The van der Waals surface area contributed by atoms with Crippen LogP contribution in [0.3, 0.4) is 0 Å². The van der Waals surface area contributed by atoms with Crippen LogP contribution in [0.15, 0.2) is 17.3 Å². The van der Waals surface area contributed by atoms with Gasteiger partial charge in [-0.3, -0.25) is 9.48 Å². The molecule has 8 nitrogen and oxygen atoms in total. The summed E-state index contributed by atoms with van der Waals surface area (Å²) in [5.74, 6) is 0.0443. The molecule has 0 radical (unpaired) electrons. The van der Waals surface area contributed by atoms with E-state index in [9.17, 15) is 13.2 Å². The van der Waals surface area contributed by atoms with Gasteiger partial charge in [0, 0.05) is 44.3 Å². The first-order chi connectivity index (χ1) is 9.75. The van der Waals surface area contributed by atoms with E-state index in [1.807, 2.05) is 18.7 Å². The molecule has 0 aliphatic carbocycles. The molecule has 2 rings (SSSR count). The smallest absolute Gasteiger partial charge is 0.241 e. The van der Waals surface area contributed by atoms with Gasteiger partial charge in [0.15, 0.2) is 0 Å². The number of nitrogens with one attached hydrogen (secondary N) is 1. The lowest BCUT2D eigenvalue weighted by atomic mass is 10.1. The van der Waals surface area contributed by atoms with Gasteiger partial charge in [-0.25, -0.2) is 13.6 Å². The van der Waals surface area contributed by atoms with E-state index in [0.717, 1.165) is 0 Å². The summed E-state index contributed by atoms with van der Waals surface area (Å²) in [4.78, 5) is 14.0. The van der Waals surface area contributed by atoms with Crippen LogP contribution in [0.5, 0.6) is 0 Å². The van der Waals surface area contributed by atoms with Crippen LogP contribution in [0.25, 0.3) is 0 Å². The van der Waals surface area contributed by atoms with E-state index >= 15 is 0 Å². The molecule has 9 heteroatoms. The molecule has 21 heavy (non-hydrogen) atoms. The fourth-order valence-corrected chi connectivity index (χ4v) is 2.98. The predicted octanol–water partition coefficient (Wildman–Crippen LogP) is -0.871. The lowest BCUT2D eigenvalue weighted by Gasteiger charge is -2.36. The van der Waals surface area contributed by atoms with E-state index in [0.29, 0.717) is 19.6 Å². The fraction of sp³-hybridized carbons (Fsp3) is 0.667. The van der Waals surface area contributed by atoms with E-state index in [-0.39, 0.29) is 29.3 Å². The molecule has 3 N–H and O–H groups in total. The molecule has 1 saturated heterocycles. The molecule has 1 aromatic heterocycles. The second kappa shape index (κ2) is 6.12. The largest absolute Gasteiger partial charge is 0.340 e. The molecular formula is C12H21N5O3S. The minimum atomic E-state index is -3.74. The Bertz CT molecular complexity index is 602. The fourth-order valence-electron chi connectivity index (χ4n) is 2.51. The first-order valence-corrected chi connectivity index (χ1v) is 8.39. The zero-order valence-electron chi connectivity index (χ0n) is 12.2. The summed E-state index contributed by atoms with van der Waals surface area (Å²) in [6, 6.07) is 0.549. The molecule has 1 amide bonds. The maximum Gasteiger partial charge on any atom is 0.241 e. The first kappa shape index (κ1) is 15.9. The van der Waals surface area contributed by atoms with Gasteiger partial charge in [-0.15, -0.1) is 0 Å². The van der Waals surface area contributed by atoms with Gasteiger partial charge in [-0.2, -0.15) is 5.10 Å². The average molecular weight is 315 g/mol. The molecule has 1 aromatic rings. The van der Waals surface area contributed by atoms with Crippen molar-refractivity contribution in [1.82, 2.24) is 20.0 Å². The number of aromatic nitrogens is 2. The number of primary sulfonamides is 1. The quantitative estimate of drug-likeness (QED) is 0.750. The molecular weight excluding hydrogens is 294 g/mol. The highest BCUT2D eigenvalue weighted by molar-refractivity contribution is 7.89. The Hall–Kier alpha value is -1.45. The average Bonchev–Trinajstić information content (AvgIpc) is 2.83. The molecule has 1 aliphatic heterocycles. The standard InChI is InChI=1S/C12H21N5O3S/c1-9-6-16(7-10(2)15-9)12(18)3-4-17-8-11(5-14-17)21(13,19)20/h5,8-10,15H,3-4,6-7H2,1-2H3,(H2,13,19,20)/t9-,10+. The maximum atomic E-state index is 12.2. The van der Waals surface area contributed by atoms with Crippen molar-refractivity contribution in [2.24, 2.45) is 5.14 Å². The second-order valence-electron chi connectivity index (χ2n) is 5.50. The predicted molar refractivity (Wildman–Crippen MR) is 76.9 cm³/mol. The number of carbonyl (C=O) groups is 1. The maximum absolute atomic E-state index is 12.2. The SMILES string of the molecule is C[C@@H]1CN(C(=O)CCn2cc(S(N)(=O)=O)cn2)C[C@H](C)N1. The molecule has 0 bridgehead atoms. The second-order valence-corrected chi connectivity index (χ2v) is 7.06. The van der Waals surface area contributed by atoms with E-state index in [1.54, 1.807) is 0 Å². The van der Waals surface area contributed by atoms with Crippen molar-refractivity contribution in [3.63, 3.8) is 0 Å². The van der Waals surface area contributed by atoms with Crippen LogP contribution in [0, 0.1) is 0 Å². The van der Waals surface area contributed by atoms with Crippen molar-refractivity contribution < 1.29 is 13.2 Å². The lowest BCUT2D eigenvalue weighted by Crippen LogP contribution is -2.55. The van der Waals surface area contributed by atoms with E-state index < -0.39 is 10.0 Å². The van der Waals surface area contributed by atoms with E-state index in [2.05, 4.69) is 10.4 Å². The Morgan fingerprint density at radius 1 is 1.43 bits per heavy atom. The van der Waals surface area contributed by atoms with Crippen LogP contribution < -0.4 is 10.5 Å². The van der Waals surface area contributed by atoms with Crippen molar-refractivity contribution in [1.29, 1.82) is 0 Å². The molecule has 1 fully saturated rings. The van der Waals surface area contributed by atoms with Crippen molar-refractivity contribution in [2.75, 3.05) is 13.1 Å². The van der Waals surface area contributed by atoms with Crippen molar-refractivity contribution in [3.05, 3.63) is 12.4 Å². The Balaban J connectivity index is 1.90. The number of nitrogens with zero attached hydrogens (tertiary/aromatic N) is 3. The van der Waals surface area contributed by atoms with Crippen molar-refractivity contribution in [2.45, 2.75) is 43.8 Å². The third-order valence-electron chi connectivity index (χ3n) is 3.40. The summed E-state index contributed by atoms with van der Waals surface area (Å²) in [6.07, 6.45) is 2.81. The summed E-state index contributed by atoms with van der Waals surface area (Å²) < 4.78 is 23.7. The molecule has 0 saturated carbocycles. The Morgan fingerprint density at radius 3 is 2.57 bits per heavy atom. The third kappa shape index (κ3) is 4.26. The van der Waals surface area contributed by atoms with Crippen LogP contribution in [0.4, 0.5) is 0 Å². The summed E-state index contributed by atoms with van der Waals surface area (Å²) in [5, 5.41) is 12.3. The van der Waals surface area contributed by atoms with Crippen LogP contribution in [0.2, 0.25) is 0 Å². The summed E-state index contributed by atoms with van der Waals surface area (Å²) in [5.41, 5.74) is 0. The highest BCUT2D eigenvalue weighted by Gasteiger charge is 2.24. The van der Waals surface area contributed by atoms with Gasteiger partial charge < -0.3 is 10.2 Å². The highest BCUT2D eigenvalue weighted by atomic mass is 32.2. The number of piperazine rings is 1. The minimum Gasteiger partial charge on any atom is -0.340 e. The molecule has 118 valence electrons. The Labute approximate surface area is 124 Å². The van der Waals surface area contributed by atoms with Gasteiger partial charge in [0.1, 0.15) is 4.90 Å². The van der Waals surface area contributed by atoms with Crippen molar-refractivity contribution in [3.8, 4) is 0 Å². The summed E-state index contributed by atoms with van der Waals surface area (Å²) in [7, 11) is -3.74. The zero-order valence-corrected chi connectivity index (χ0v) is 13.0. The molecule has 0 unspecified atom stereocenters. The number of hydrogen-bond acceptors (Lipinski definition) is 5. The number of carbonyl (C=O) groups excluding carboxylic acids is 1. The van der Waals surface area contributed by atoms with E-state index in [4.69, 9.17) is 5.14 Å². The van der Waals surface area contributed by atoms with Crippen LogP contribution in [-0.4, -0.2) is 54.2 Å². The molecule has 2 atom stereocenters. The number of aryl methyl sites for hydroxylation is 1. The Morgan fingerprint density at radius 2 is 2.05 bits per heavy atom. The number of sulfonamides is 1. The Kier molecular flexibility index (Phi) is 4.64. The molecule has 2 heterocycles. The highest BCUT2D eigenvalue weighted by Crippen LogP contribution is 2.08. The minimum absolute atomic E-state index is 0.0423. The van der Waals surface area contributed by atoms with Gasteiger partial charge in [-0.1, -0.05) is 0 Å². The number of amides is 1. The van der Waals surface area contributed by atoms with Gasteiger partial charge in [0.2, 0.25) is 15.9 Å². The number of rotatable bonds is 4.